The molecule has 102 valence electrons. The first kappa shape index (κ1) is 13.6. The van der Waals surface area contributed by atoms with Crippen LogP contribution in [0.2, 0.25) is 0 Å². The molecule has 0 radical (unpaired) electrons. The number of halogens is 2. The summed E-state index contributed by atoms with van der Waals surface area (Å²) in [6, 6.07) is 12.0. The van der Waals surface area contributed by atoms with Crippen molar-refractivity contribution in [2.75, 3.05) is 11.4 Å². The van der Waals surface area contributed by atoms with Crippen molar-refractivity contribution in [1.82, 2.24) is 4.98 Å². The molecule has 0 saturated heterocycles. The first-order valence-electron chi connectivity index (χ1n) is 6.11. The van der Waals surface area contributed by atoms with Crippen LogP contribution < -0.4 is 10.6 Å². The Labute approximate surface area is 134 Å². The fourth-order valence-corrected chi connectivity index (χ4v) is 2.72. The van der Waals surface area contributed by atoms with Crippen LogP contribution in [0.15, 0.2) is 56.5 Å². The first-order chi connectivity index (χ1) is 9.65. The van der Waals surface area contributed by atoms with Crippen LogP contribution in [0.1, 0.15) is 11.7 Å². The van der Waals surface area contributed by atoms with Crippen molar-refractivity contribution in [3.05, 3.63) is 57.2 Å². The smallest absolute Gasteiger partial charge is 0.196 e. The number of aliphatic imine (C=N–C) groups is 1. The Morgan fingerprint density at radius 1 is 1.05 bits per heavy atom. The number of nitrogens with two attached hydrogens (primary N) is 1. The molecule has 2 N–H and O–H groups in total. The van der Waals surface area contributed by atoms with Crippen LogP contribution in [0, 0.1) is 0 Å². The molecule has 1 atom stereocenters. The molecule has 0 aliphatic carbocycles. The predicted molar refractivity (Wildman–Crippen MR) is 87.8 cm³/mol. The summed E-state index contributed by atoms with van der Waals surface area (Å²) in [7, 11) is 0. The number of aromatic nitrogens is 1. The molecule has 1 unspecified atom stereocenters. The van der Waals surface area contributed by atoms with Gasteiger partial charge in [-0.05, 0) is 52.3 Å². The van der Waals surface area contributed by atoms with Gasteiger partial charge in [-0.2, -0.15) is 0 Å². The van der Waals surface area contributed by atoms with Gasteiger partial charge in [-0.1, -0.05) is 15.9 Å². The molecular formula is C14H12Br2N4. The minimum absolute atomic E-state index is 0.0456. The van der Waals surface area contributed by atoms with E-state index in [0.717, 1.165) is 20.3 Å². The largest absolute Gasteiger partial charge is 0.369 e. The van der Waals surface area contributed by atoms with Crippen molar-refractivity contribution in [2.24, 2.45) is 10.7 Å². The minimum atomic E-state index is 0.0456. The normalized spacial score (nSPS) is 18.2. The van der Waals surface area contributed by atoms with Crippen LogP contribution >= 0.6 is 31.9 Å². The Hall–Kier alpha value is -1.40. The highest BCUT2D eigenvalue weighted by molar-refractivity contribution is 9.10. The summed E-state index contributed by atoms with van der Waals surface area (Å²) in [5.74, 6) is 0.530. The van der Waals surface area contributed by atoms with E-state index in [9.17, 15) is 0 Å². The number of hydrogen-bond acceptors (Lipinski definition) is 4. The average molecular weight is 396 g/mol. The van der Waals surface area contributed by atoms with E-state index in [1.165, 1.54) is 0 Å². The lowest BCUT2D eigenvalue weighted by molar-refractivity contribution is 0.739. The maximum absolute atomic E-state index is 6.03. The van der Waals surface area contributed by atoms with E-state index < -0.39 is 0 Å². The summed E-state index contributed by atoms with van der Waals surface area (Å²) in [5.41, 5.74) is 8.01. The second-order valence-electron chi connectivity index (χ2n) is 4.46. The molecule has 2 aromatic rings. The van der Waals surface area contributed by atoms with Gasteiger partial charge in [-0.25, -0.2) is 0 Å². The van der Waals surface area contributed by atoms with Crippen LogP contribution in [-0.4, -0.2) is 17.5 Å². The summed E-state index contributed by atoms with van der Waals surface area (Å²) in [6.45, 7) is 0.622. The molecule has 2 heterocycles. The lowest BCUT2D eigenvalue weighted by atomic mass is 10.1. The standard InChI is InChI=1S/C14H12Br2N4/c15-9-1-4-11(5-2-9)20-13(8-19-14(20)17)12-6-3-10(16)7-18-12/h1-7,13H,8H2,(H2,17,19). The molecule has 4 nitrogen and oxygen atoms in total. The molecule has 20 heavy (non-hydrogen) atoms. The summed E-state index contributed by atoms with van der Waals surface area (Å²) in [5, 5.41) is 0. The van der Waals surface area contributed by atoms with Gasteiger partial charge in [0.15, 0.2) is 5.96 Å². The lowest BCUT2D eigenvalue weighted by Crippen LogP contribution is -2.36. The van der Waals surface area contributed by atoms with Crippen LogP contribution in [0.3, 0.4) is 0 Å². The Bertz CT molecular complexity index is 637. The molecule has 1 aromatic carbocycles. The van der Waals surface area contributed by atoms with Gasteiger partial charge in [0.2, 0.25) is 0 Å². The Kier molecular flexibility index (Phi) is 3.76. The van der Waals surface area contributed by atoms with E-state index in [0.29, 0.717) is 12.5 Å². The number of guanidine groups is 1. The quantitative estimate of drug-likeness (QED) is 0.846. The lowest BCUT2D eigenvalue weighted by Gasteiger charge is -2.26. The summed E-state index contributed by atoms with van der Waals surface area (Å²) in [4.78, 5) is 10.8. The van der Waals surface area contributed by atoms with Crippen molar-refractivity contribution in [3.8, 4) is 0 Å². The molecule has 0 amide bonds. The highest BCUT2D eigenvalue weighted by atomic mass is 79.9. The third kappa shape index (κ3) is 2.58. The van der Waals surface area contributed by atoms with E-state index in [1.807, 2.05) is 41.3 Å². The van der Waals surface area contributed by atoms with E-state index in [-0.39, 0.29) is 6.04 Å². The van der Waals surface area contributed by atoms with Gasteiger partial charge in [0, 0.05) is 20.8 Å². The number of hydrogen-bond donors (Lipinski definition) is 1. The SMILES string of the molecule is NC1=NCC(c2ccc(Br)cn2)N1c1ccc(Br)cc1. The van der Waals surface area contributed by atoms with Gasteiger partial charge < -0.3 is 10.6 Å². The molecule has 3 rings (SSSR count). The second kappa shape index (κ2) is 5.54. The monoisotopic (exact) mass is 394 g/mol. The molecule has 0 bridgehead atoms. The van der Waals surface area contributed by atoms with Gasteiger partial charge in [0.1, 0.15) is 0 Å². The fourth-order valence-electron chi connectivity index (χ4n) is 2.22. The van der Waals surface area contributed by atoms with E-state index in [4.69, 9.17) is 5.73 Å². The summed E-state index contributed by atoms with van der Waals surface area (Å²) < 4.78 is 2.00. The van der Waals surface area contributed by atoms with Gasteiger partial charge in [-0.3, -0.25) is 9.98 Å². The van der Waals surface area contributed by atoms with Crippen LogP contribution in [0.4, 0.5) is 5.69 Å². The van der Waals surface area contributed by atoms with Crippen LogP contribution in [0.5, 0.6) is 0 Å². The molecule has 0 saturated carbocycles. The summed E-state index contributed by atoms with van der Waals surface area (Å²) >= 11 is 6.84. The zero-order valence-corrected chi connectivity index (χ0v) is 13.7. The van der Waals surface area contributed by atoms with Gasteiger partial charge in [0.25, 0.3) is 0 Å². The summed E-state index contributed by atoms with van der Waals surface area (Å²) in [6.07, 6.45) is 1.80. The number of benzene rings is 1. The molecule has 1 aliphatic rings. The zero-order valence-electron chi connectivity index (χ0n) is 10.5. The maximum Gasteiger partial charge on any atom is 0.196 e. The van der Waals surface area contributed by atoms with Gasteiger partial charge in [-0.15, -0.1) is 0 Å². The molecule has 1 aliphatic heterocycles. The number of anilines is 1. The second-order valence-corrected chi connectivity index (χ2v) is 6.29. The Balaban J connectivity index is 1.96. The highest BCUT2D eigenvalue weighted by Gasteiger charge is 2.29. The third-order valence-electron chi connectivity index (χ3n) is 3.18. The molecule has 0 fully saturated rings. The van der Waals surface area contributed by atoms with Gasteiger partial charge >= 0.3 is 0 Å². The third-order valence-corrected chi connectivity index (χ3v) is 4.18. The fraction of sp³-hybridized carbons (Fsp3) is 0.143. The number of pyridine rings is 1. The van der Waals surface area contributed by atoms with Gasteiger partial charge in [0.05, 0.1) is 18.3 Å². The average Bonchev–Trinajstić information content (AvgIpc) is 2.83. The van der Waals surface area contributed by atoms with Crippen molar-refractivity contribution in [3.63, 3.8) is 0 Å². The topological polar surface area (TPSA) is 54.5 Å². The van der Waals surface area contributed by atoms with E-state index in [1.54, 1.807) is 6.20 Å². The van der Waals surface area contributed by atoms with Crippen molar-refractivity contribution < 1.29 is 0 Å². The van der Waals surface area contributed by atoms with Crippen molar-refractivity contribution >= 4 is 43.5 Å². The minimum Gasteiger partial charge on any atom is -0.369 e. The van der Waals surface area contributed by atoms with Crippen molar-refractivity contribution in [1.29, 1.82) is 0 Å². The first-order valence-corrected chi connectivity index (χ1v) is 7.70. The Morgan fingerprint density at radius 3 is 2.40 bits per heavy atom. The highest BCUT2D eigenvalue weighted by Crippen LogP contribution is 2.31. The van der Waals surface area contributed by atoms with Crippen molar-refractivity contribution in [2.45, 2.75) is 6.04 Å². The van der Waals surface area contributed by atoms with E-state index >= 15 is 0 Å². The molecule has 1 aromatic heterocycles. The predicted octanol–water partition coefficient (Wildman–Crippen LogP) is 3.48. The van der Waals surface area contributed by atoms with Crippen LogP contribution in [-0.2, 0) is 0 Å². The molecule has 6 heteroatoms. The number of nitrogens with zero attached hydrogens (tertiary/aromatic N) is 3. The zero-order chi connectivity index (χ0) is 14.1. The molecular weight excluding hydrogens is 384 g/mol. The van der Waals surface area contributed by atoms with Crippen LogP contribution in [0.25, 0.3) is 0 Å². The maximum atomic E-state index is 6.03. The van der Waals surface area contributed by atoms with E-state index in [2.05, 4.69) is 41.8 Å². The number of rotatable bonds is 2. The molecule has 0 spiro atoms. The Morgan fingerprint density at radius 2 is 1.75 bits per heavy atom.